The van der Waals surface area contributed by atoms with Crippen LogP contribution in [0.25, 0.3) is 27.8 Å². The molecule has 4 aromatic rings. The number of pyridine rings is 2. The highest BCUT2D eigenvalue weighted by Crippen LogP contribution is 2.34. The summed E-state index contributed by atoms with van der Waals surface area (Å²) in [5, 5.41) is 17.4. The normalized spacial score (nSPS) is 11.8. The number of aryl methyl sites for hydroxylation is 1. The molecule has 0 aromatic carbocycles. The molecule has 8 nitrogen and oxygen atoms in total. The molecule has 11 heteroatoms. The number of carbonyl (C=O) groups is 1. The van der Waals surface area contributed by atoms with Crippen LogP contribution in [0, 0.1) is 6.92 Å². The van der Waals surface area contributed by atoms with E-state index in [-0.39, 0.29) is 17.5 Å². The molecule has 160 valence electrons. The van der Waals surface area contributed by atoms with Crippen LogP contribution in [0.2, 0.25) is 0 Å². The van der Waals surface area contributed by atoms with E-state index in [0.717, 1.165) is 4.68 Å². The van der Waals surface area contributed by atoms with E-state index in [0.29, 0.717) is 33.3 Å². The standard InChI is InChI=1S/C20H17F3N6O2/c1-11-3-15(12-4-13(6-25-5-12)18(30)24-2)27-16-9-29(19(31)17(11)16)14-7-26-28(8-14)10-20(21,22)23/h3-9,31H,10H2,1-2H3,(H,24,30). The second kappa shape index (κ2) is 7.42. The lowest BCUT2D eigenvalue weighted by Crippen LogP contribution is -2.17. The molecule has 1 amide bonds. The maximum absolute atomic E-state index is 12.6. The Balaban J connectivity index is 1.77. The van der Waals surface area contributed by atoms with Crippen molar-refractivity contribution in [2.45, 2.75) is 19.6 Å². The van der Waals surface area contributed by atoms with Gasteiger partial charge in [0.15, 0.2) is 0 Å². The van der Waals surface area contributed by atoms with Gasteiger partial charge in [0.25, 0.3) is 5.91 Å². The highest BCUT2D eigenvalue weighted by molar-refractivity contribution is 5.95. The first kappa shape index (κ1) is 20.4. The van der Waals surface area contributed by atoms with E-state index >= 15 is 0 Å². The fraction of sp³-hybridized carbons (Fsp3) is 0.200. The lowest BCUT2D eigenvalue weighted by atomic mass is 10.1. The number of halogens is 3. The summed E-state index contributed by atoms with van der Waals surface area (Å²) in [4.78, 5) is 20.5. The lowest BCUT2D eigenvalue weighted by Gasteiger charge is -2.06. The molecular formula is C20H17F3N6O2. The summed E-state index contributed by atoms with van der Waals surface area (Å²) in [6, 6.07) is 3.39. The Labute approximate surface area is 174 Å². The number of hydrogen-bond acceptors (Lipinski definition) is 5. The van der Waals surface area contributed by atoms with E-state index in [1.54, 1.807) is 25.3 Å². The molecule has 0 aliphatic rings. The average molecular weight is 430 g/mol. The zero-order chi connectivity index (χ0) is 22.3. The molecule has 0 unspecified atom stereocenters. The zero-order valence-corrected chi connectivity index (χ0v) is 16.5. The summed E-state index contributed by atoms with van der Waals surface area (Å²) in [5.74, 6) is -0.442. The Kier molecular flexibility index (Phi) is 4.88. The SMILES string of the molecule is CNC(=O)c1cncc(-c2cc(C)c3c(O)n(-c4cnn(CC(F)(F)F)c4)cc3n2)c1. The van der Waals surface area contributed by atoms with Crippen LogP contribution < -0.4 is 5.32 Å². The Morgan fingerprint density at radius 1 is 1.19 bits per heavy atom. The van der Waals surface area contributed by atoms with Crippen molar-refractivity contribution in [3.05, 3.63) is 54.2 Å². The van der Waals surface area contributed by atoms with Crippen LogP contribution in [0.4, 0.5) is 13.2 Å². The first-order chi connectivity index (χ1) is 14.7. The van der Waals surface area contributed by atoms with Crippen LogP contribution in [0.5, 0.6) is 5.88 Å². The van der Waals surface area contributed by atoms with Crippen LogP contribution >= 0.6 is 0 Å². The number of alkyl halides is 3. The molecule has 0 atom stereocenters. The van der Waals surface area contributed by atoms with Gasteiger partial charge in [-0.1, -0.05) is 0 Å². The lowest BCUT2D eigenvalue weighted by molar-refractivity contribution is -0.142. The zero-order valence-electron chi connectivity index (χ0n) is 16.5. The van der Waals surface area contributed by atoms with Crippen LogP contribution in [0.3, 0.4) is 0 Å². The summed E-state index contributed by atoms with van der Waals surface area (Å²) >= 11 is 0. The fourth-order valence-corrected chi connectivity index (χ4v) is 3.33. The number of amides is 1. The molecule has 0 radical (unpaired) electrons. The van der Waals surface area contributed by atoms with Gasteiger partial charge in [-0.15, -0.1) is 0 Å². The van der Waals surface area contributed by atoms with Crippen molar-refractivity contribution in [3.8, 4) is 22.8 Å². The van der Waals surface area contributed by atoms with Gasteiger partial charge in [0.1, 0.15) is 6.54 Å². The summed E-state index contributed by atoms with van der Waals surface area (Å²) in [5.41, 5.74) is 2.91. The van der Waals surface area contributed by atoms with Crippen molar-refractivity contribution in [1.82, 2.24) is 29.6 Å². The van der Waals surface area contributed by atoms with E-state index in [2.05, 4.69) is 20.4 Å². The van der Waals surface area contributed by atoms with Crippen LogP contribution in [-0.2, 0) is 6.54 Å². The van der Waals surface area contributed by atoms with Gasteiger partial charge < -0.3 is 10.4 Å². The molecule has 0 saturated carbocycles. The topological polar surface area (TPSA) is 97.9 Å². The molecule has 0 bridgehead atoms. The predicted molar refractivity (Wildman–Crippen MR) is 106 cm³/mol. The van der Waals surface area contributed by atoms with Gasteiger partial charge in [-0.2, -0.15) is 18.3 Å². The highest BCUT2D eigenvalue weighted by Gasteiger charge is 2.28. The Hall–Kier alpha value is -3.89. The van der Waals surface area contributed by atoms with Crippen molar-refractivity contribution in [2.75, 3.05) is 7.05 Å². The minimum atomic E-state index is -4.41. The number of carbonyl (C=O) groups excluding carboxylic acids is 1. The monoisotopic (exact) mass is 430 g/mol. The number of hydrogen-bond donors (Lipinski definition) is 2. The number of nitrogens with zero attached hydrogens (tertiary/aromatic N) is 5. The quantitative estimate of drug-likeness (QED) is 0.518. The fourth-order valence-electron chi connectivity index (χ4n) is 3.33. The van der Waals surface area contributed by atoms with Crippen LogP contribution in [-0.4, -0.2) is 48.6 Å². The maximum atomic E-state index is 12.6. The largest absolute Gasteiger partial charge is 0.494 e. The van der Waals surface area contributed by atoms with Gasteiger partial charge >= 0.3 is 6.18 Å². The van der Waals surface area contributed by atoms with E-state index in [1.165, 1.54) is 36.4 Å². The molecule has 31 heavy (non-hydrogen) atoms. The predicted octanol–water partition coefficient (Wildman–Crippen LogP) is 3.22. The summed E-state index contributed by atoms with van der Waals surface area (Å²) in [7, 11) is 1.52. The third-order valence-electron chi connectivity index (χ3n) is 4.71. The van der Waals surface area contributed by atoms with Crippen LogP contribution in [0.15, 0.2) is 43.1 Å². The van der Waals surface area contributed by atoms with Gasteiger partial charge in [-0.05, 0) is 24.6 Å². The Morgan fingerprint density at radius 2 is 1.97 bits per heavy atom. The molecule has 4 rings (SSSR count). The molecule has 2 N–H and O–H groups in total. The summed E-state index contributed by atoms with van der Waals surface area (Å²) in [6.45, 7) is 0.547. The van der Waals surface area contributed by atoms with Crippen molar-refractivity contribution in [2.24, 2.45) is 0 Å². The van der Waals surface area contributed by atoms with Crippen molar-refractivity contribution in [3.63, 3.8) is 0 Å². The van der Waals surface area contributed by atoms with E-state index in [9.17, 15) is 23.1 Å². The molecule has 0 aliphatic carbocycles. The number of fused-ring (bicyclic) bond motifs is 1. The first-order valence-electron chi connectivity index (χ1n) is 9.15. The second-order valence-corrected chi connectivity index (χ2v) is 6.96. The number of nitrogens with one attached hydrogen (secondary N) is 1. The van der Waals surface area contributed by atoms with Crippen molar-refractivity contribution >= 4 is 16.8 Å². The molecular weight excluding hydrogens is 413 g/mol. The molecule has 0 saturated heterocycles. The van der Waals surface area contributed by atoms with Crippen LogP contribution in [0.1, 0.15) is 15.9 Å². The second-order valence-electron chi connectivity index (χ2n) is 6.96. The van der Waals surface area contributed by atoms with E-state index < -0.39 is 12.7 Å². The smallest absolute Gasteiger partial charge is 0.408 e. The number of aromatic nitrogens is 5. The molecule has 0 spiro atoms. The number of aromatic hydroxyl groups is 1. The molecule has 0 fully saturated rings. The first-order valence-corrected chi connectivity index (χ1v) is 9.15. The Morgan fingerprint density at radius 3 is 2.68 bits per heavy atom. The minimum absolute atomic E-state index is 0.157. The van der Waals surface area contributed by atoms with Crippen molar-refractivity contribution < 1.29 is 23.1 Å². The third-order valence-corrected chi connectivity index (χ3v) is 4.71. The number of rotatable bonds is 4. The van der Waals surface area contributed by atoms with Gasteiger partial charge in [0, 0.05) is 37.4 Å². The highest BCUT2D eigenvalue weighted by atomic mass is 19.4. The molecule has 4 aromatic heterocycles. The molecule has 0 aliphatic heterocycles. The maximum Gasteiger partial charge on any atom is 0.408 e. The Bertz CT molecular complexity index is 1290. The van der Waals surface area contributed by atoms with Gasteiger partial charge in [0.05, 0.1) is 34.0 Å². The van der Waals surface area contributed by atoms with E-state index in [1.807, 2.05) is 0 Å². The van der Waals surface area contributed by atoms with Gasteiger partial charge in [-0.25, -0.2) is 4.98 Å². The average Bonchev–Trinajstić information content (AvgIpc) is 3.30. The van der Waals surface area contributed by atoms with E-state index in [4.69, 9.17) is 0 Å². The third kappa shape index (κ3) is 3.93. The minimum Gasteiger partial charge on any atom is -0.494 e. The summed E-state index contributed by atoms with van der Waals surface area (Å²) in [6.07, 6.45) is 2.55. The molecule has 4 heterocycles. The van der Waals surface area contributed by atoms with Gasteiger partial charge in [-0.3, -0.25) is 19.0 Å². The van der Waals surface area contributed by atoms with Gasteiger partial charge in [0.2, 0.25) is 5.88 Å². The summed E-state index contributed by atoms with van der Waals surface area (Å²) < 4.78 is 39.9. The van der Waals surface area contributed by atoms with Crippen molar-refractivity contribution in [1.29, 1.82) is 0 Å².